The average molecular weight is 319 g/mol. The molecule has 22 heavy (non-hydrogen) atoms. The van der Waals surface area contributed by atoms with Gasteiger partial charge in [0.15, 0.2) is 5.58 Å². The molecule has 5 nitrogen and oxygen atoms in total. The van der Waals surface area contributed by atoms with Crippen LogP contribution >= 0.6 is 11.6 Å². The van der Waals surface area contributed by atoms with Gasteiger partial charge in [0.2, 0.25) is 5.76 Å². The van der Waals surface area contributed by atoms with E-state index in [0.29, 0.717) is 28.2 Å². The Hall–Kier alpha value is -1.77. The fraction of sp³-hybridized carbons (Fsp3) is 0.500. The minimum absolute atomic E-state index is 0.331. The molecule has 6 heteroatoms. The van der Waals surface area contributed by atoms with Gasteiger partial charge in [-0.15, -0.1) is 0 Å². The molecule has 1 N–H and O–H groups in total. The summed E-state index contributed by atoms with van der Waals surface area (Å²) in [6.45, 7) is 4.12. The van der Waals surface area contributed by atoms with Crippen LogP contribution in [-0.2, 0) is 6.42 Å². The number of nitriles is 1. The van der Waals surface area contributed by atoms with E-state index in [9.17, 15) is 0 Å². The predicted octanol–water partition coefficient (Wildman–Crippen LogP) is 3.42. The molecule has 0 aromatic carbocycles. The van der Waals surface area contributed by atoms with E-state index in [-0.39, 0.29) is 0 Å². The van der Waals surface area contributed by atoms with Crippen LogP contribution in [0.3, 0.4) is 0 Å². The van der Waals surface area contributed by atoms with Crippen molar-refractivity contribution in [3.8, 4) is 6.07 Å². The first-order valence-electron chi connectivity index (χ1n) is 7.59. The summed E-state index contributed by atoms with van der Waals surface area (Å²) in [6.07, 6.45) is 4.60. The number of pyridine rings is 1. The van der Waals surface area contributed by atoms with Gasteiger partial charge in [0.25, 0.3) is 0 Å². The van der Waals surface area contributed by atoms with Crippen molar-refractivity contribution in [2.75, 3.05) is 25.5 Å². The number of rotatable bonds is 3. The maximum Gasteiger partial charge on any atom is 0.208 e. The van der Waals surface area contributed by atoms with Crippen LogP contribution < -0.4 is 5.32 Å². The average Bonchev–Trinajstić information content (AvgIpc) is 2.90. The number of fused-ring (bicyclic) bond motifs is 1. The second-order valence-corrected chi connectivity index (χ2v) is 6.14. The Morgan fingerprint density at radius 2 is 2.23 bits per heavy atom. The summed E-state index contributed by atoms with van der Waals surface area (Å²) in [4.78, 5) is 6.76. The maximum atomic E-state index is 9.17. The largest absolute Gasteiger partial charge is 0.444 e. The summed E-state index contributed by atoms with van der Waals surface area (Å²) in [5.74, 6) is 0.974. The Balaban J connectivity index is 1.92. The molecule has 1 fully saturated rings. The number of likely N-dealkylation sites (tertiary alicyclic amines) is 1. The highest BCUT2D eigenvalue weighted by Crippen LogP contribution is 2.35. The first kappa shape index (κ1) is 15.1. The van der Waals surface area contributed by atoms with Gasteiger partial charge in [-0.3, -0.25) is 0 Å². The molecule has 0 aliphatic carbocycles. The second-order valence-electron chi connectivity index (χ2n) is 5.76. The lowest BCUT2D eigenvalue weighted by molar-refractivity contribution is 0.263. The van der Waals surface area contributed by atoms with E-state index < -0.39 is 0 Å². The van der Waals surface area contributed by atoms with E-state index in [2.05, 4.69) is 28.3 Å². The van der Waals surface area contributed by atoms with Gasteiger partial charge in [-0.05, 0) is 39.4 Å². The SMILES string of the molecule is CCc1c(C#N)oc2c(Cl)c(NC3CCN(C)CC3)ncc12. The van der Waals surface area contributed by atoms with Crippen LogP contribution in [0.5, 0.6) is 0 Å². The summed E-state index contributed by atoms with van der Waals surface area (Å²) in [5, 5.41) is 13.9. The van der Waals surface area contributed by atoms with Crippen molar-refractivity contribution >= 4 is 28.4 Å². The highest BCUT2D eigenvalue weighted by atomic mass is 35.5. The fourth-order valence-electron chi connectivity index (χ4n) is 2.96. The van der Waals surface area contributed by atoms with Crippen LogP contribution in [0.2, 0.25) is 5.02 Å². The summed E-state index contributed by atoms with van der Waals surface area (Å²) in [6, 6.07) is 2.46. The van der Waals surface area contributed by atoms with E-state index in [0.717, 1.165) is 43.3 Å². The van der Waals surface area contributed by atoms with Crippen molar-refractivity contribution < 1.29 is 4.42 Å². The Morgan fingerprint density at radius 1 is 1.50 bits per heavy atom. The minimum atomic E-state index is 0.331. The van der Waals surface area contributed by atoms with Crippen molar-refractivity contribution in [1.82, 2.24) is 9.88 Å². The third-order valence-corrected chi connectivity index (χ3v) is 4.64. The lowest BCUT2D eigenvalue weighted by atomic mass is 10.1. The van der Waals surface area contributed by atoms with Gasteiger partial charge < -0.3 is 14.6 Å². The smallest absolute Gasteiger partial charge is 0.208 e. The van der Waals surface area contributed by atoms with Gasteiger partial charge in [-0.2, -0.15) is 5.26 Å². The molecule has 1 aliphatic heterocycles. The molecule has 0 bridgehead atoms. The lowest BCUT2D eigenvalue weighted by Crippen LogP contribution is -2.36. The third-order valence-electron chi connectivity index (χ3n) is 4.29. The van der Waals surface area contributed by atoms with Crippen LogP contribution in [0.1, 0.15) is 31.1 Å². The Kier molecular flexibility index (Phi) is 4.23. The van der Waals surface area contributed by atoms with Crippen LogP contribution in [0.4, 0.5) is 5.82 Å². The monoisotopic (exact) mass is 318 g/mol. The summed E-state index contributed by atoms with van der Waals surface area (Å²) < 4.78 is 5.64. The van der Waals surface area contributed by atoms with Crippen molar-refractivity contribution in [2.45, 2.75) is 32.2 Å². The standard InChI is InChI=1S/C16H19ClN4O/c1-3-11-12-9-19-16(14(17)15(12)22-13(11)8-18)20-10-4-6-21(2)7-5-10/h9-10H,3-7H2,1-2H3,(H,19,20). The minimum Gasteiger partial charge on any atom is -0.444 e. The Bertz CT molecular complexity index is 726. The first-order valence-corrected chi connectivity index (χ1v) is 7.96. The number of nitrogens with one attached hydrogen (secondary N) is 1. The molecule has 3 rings (SSSR count). The molecule has 0 atom stereocenters. The van der Waals surface area contributed by atoms with Crippen LogP contribution in [0.15, 0.2) is 10.6 Å². The highest BCUT2D eigenvalue weighted by molar-refractivity contribution is 6.37. The predicted molar refractivity (Wildman–Crippen MR) is 87.3 cm³/mol. The van der Waals surface area contributed by atoms with Crippen LogP contribution in [-0.4, -0.2) is 36.1 Å². The van der Waals surface area contributed by atoms with Gasteiger partial charge in [-0.25, -0.2) is 4.98 Å². The van der Waals surface area contributed by atoms with Gasteiger partial charge >= 0.3 is 0 Å². The van der Waals surface area contributed by atoms with Crippen molar-refractivity contribution in [1.29, 1.82) is 5.26 Å². The van der Waals surface area contributed by atoms with Crippen molar-refractivity contribution in [3.05, 3.63) is 22.5 Å². The number of halogens is 1. The van der Waals surface area contributed by atoms with Gasteiger partial charge in [0.1, 0.15) is 16.9 Å². The molecule has 2 aromatic heterocycles. The molecule has 1 aliphatic rings. The highest BCUT2D eigenvalue weighted by Gasteiger charge is 2.21. The summed E-state index contributed by atoms with van der Waals surface area (Å²) >= 11 is 6.45. The number of aromatic nitrogens is 1. The molecule has 1 saturated heterocycles. The zero-order valence-electron chi connectivity index (χ0n) is 12.8. The van der Waals surface area contributed by atoms with Gasteiger partial charge in [0.05, 0.1) is 0 Å². The number of furan rings is 1. The van der Waals surface area contributed by atoms with Crippen molar-refractivity contribution in [2.24, 2.45) is 0 Å². The van der Waals surface area contributed by atoms with Gasteiger partial charge in [-0.1, -0.05) is 18.5 Å². The normalized spacial score (nSPS) is 16.8. The molecule has 2 aromatic rings. The number of aryl methyl sites for hydroxylation is 1. The van der Waals surface area contributed by atoms with Crippen LogP contribution in [0, 0.1) is 11.3 Å². The zero-order valence-corrected chi connectivity index (χ0v) is 13.6. The number of anilines is 1. The van der Waals surface area contributed by atoms with E-state index in [4.69, 9.17) is 21.3 Å². The van der Waals surface area contributed by atoms with Crippen molar-refractivity contribution in [3.63, 3.8) is 0 Å². The maximum absolute atomic E-state index is 9.17. The van der Waals surface area contributed by atoms with E-state index in [1.807, 2.05) is 6.92 Å². The number of nitrogens with zero attached hydrogens (tertiary/aromatic N) is 3. The molecular weight excluding hydrogens is 300 g/mol. The second kappa shape index (κ2) is 6.15. The van der Waals surface area contributed by atoms with Crippen LogP contribution in [0.25, 0.3) is 11.0 Å². The molecule has 0 amide bonds. The Labute approximate surface area is 134 Å². The summed E-state index contributed by atoms with van der Waals surface area (Å²) in [5.41, 5.74) is 1.43. The van der Waals surface area contributed by atoms with E-state index >= 15 is 0 Å². The van der Waals surface area contributed by atoms with E-state index in [1.165, 1.54) is 0 Å². The molecule has 0 radical (unpaired) electrons. The van der Waals surface area contributed by atoms with E-state index in [1.54, 1.807) is 6.20 Å². The molecule has 3 heterocycles. The molecule has 0 unspecified atom stereocenters. The topological polar surface area (TPSA) is 65.1 Å². The Morgan fingerprint density at radius 3 is 2.86 bits per heavy atom. The molecular formula is C16H19ClN4O. The first-order chi connectivity index (χ1) is 10.6. The third kappa shape index (κ3) is 2.65. The molecule has 116 valence electrons. The lowest BCUT2D eigenvalue weighted by Gasteiger charge is -2.29. The number of piperidine rings is 1. The summed E-state index contributed by atoms with van der Waals surface area (Å²) in [7, 11) is 2.13. The number of hydrogen-bond donors (Lipinski definition) is 1. The molecule has 0 spiro atoms. The fourth-order valence-corrected chi connectivity index (χ4v) is 3.20. The molecule has 0 saturated carbocycles. The zero-order chi connectivity index (χ0) is 15.7. The number of hydrogen-bond acceptors (Lipinski definition) is 5. The van der Waals surface area contributed by atoms with Gasteiger partial charge in [0, 0.05) is 23.2 Å². The quantitative estimate of drug-likeness (QED) is 0.939.